The molecule has 1 aromatic carbocycles. The Morgan fingerprint density at radius 2 is 1.76 bits per heavy atom. The van der Waals surface area contributed by atoms with E-state index in [0.717, 1.165) is 18.9 Å². The lowest BCUT2D eigenvalue weighted by Crippen LogP contribution is -2.16. The number of rotatable bonds is 3. The fourth-order valence-electron chi connectivity index (χ4n) is 2.56. The zero-order chi connectivity index (χ0) is 12.4. The van der Waals surface area contributed by atoms with Gasteiger partial charge >= 0.3 is 0 Å². The summed E-state index contributed by atoms with van der Waals surface area (Å²) in [6, 6.07) is 1.63. The van der Waals surface area contributed by atoms with E-state index in [1.165, 1.54) is 18.9 Å². The van der Waals surface area contributed by atoms with Gasteiger partial charge in [0.05, 0.1) is 0 Å². The van der Waals surface area contributed by atoms with Crippen molar-refractivity contribution in [3.05, 3.63) is 35.1 Å². The number of hydrogen-bond acceptors (Lipinski definition) is 1. The topological polar surface area (TPSA) is 26.0 Å². The first-order chi connectivity index (χ1) is 8.09. The van der Waals surface area contributed by atoms with Crippen LogP contribution in [-0.4, -0.2) is 0 Å². The summed E-state index contributed by atoms with van der Waals surface area (Å²) in [5.74, 6) is -3.25. The van der Waals surface area contributed by atoms with Crippen LogP contribution < -0.4 is 5.73 Å². The highest BCUT2D eigenvalue weighted by Gasteiger charge is 2.23. The molecule has 2 rings (SSSR count). The number of benzene rings is 1. The second-order valence-corrected chi connectivity index (χ2v) is 4.76. The summed E-state index contributed by atoms with van der Waals surface area (Å²) >= 11 is 0. The summed E-state index contributed by atoms with van der Waals surface area (Å²) in [6.45, 7) is 0. The van der Waals surface area contributed by atoms with Gasteiger partial charge in [-0.05, 0) is 18.4 Å². The second kappa shape index (κ2) is 5.08. The molecule has 0 aromatic heterocycles. The number of hydrogen-bond donors (Lipinski definition) is 1. The maximum atomic E-state index is 13.5. The zero-order valence-corrected chi connectivity index (χ0v) is 9.56. The van der Waals surface area contributed by atoms with Crippen molar-refractivity contribution >= 4 is 0 Å². The largest absolute Gasteiger partial charge is 0.324 e. The maximum Gasteiger partial charge on any atom is 0.194 e. The summed E-state index contributed by atoms with van der Waals surface area (Å²) < 4.78 is 39.3. The SMILES string of the molecule is NC(CC1CCCC1)c1ccc(F)c(F)c1F. The van der Waals surface area contributed by atoms with Crippen molar-refractivity contribution in [1.29, 1.82) is 0 Å². The van der Waals surface area contributed by atoms with E-state index in [2.05, 4.69) is 0 Å². The molecule has 17 heavy (non-hydrogen) atoms. The lowest BCUT2D eigenvalue weighted by molar-refractivity contribution is 0.411. The molecular weight excluding hydrogens is 227 g/mol. The van der Waals surface area contributed by atoms with Gasteiger partial charge in [0.2, 0.25) is 0 Å². The number of nitrogens with two attached hydrogens (primary N) is 1. The lowest BCUT2D eigenvalue weighted by atomic mass is 9.94. The minimum atomic E-state index is -1.43. The van der Waals surface area contributed by atoms with Gasteiger partial charge in [0.1, 0.15) is 0 Å². The van der Waals surface area contributed by atoms with Gasteiger partial charge in [0, 0.05) is 11.6 Å². The highest BCUT2D eigenvalue weighted by atomic mass is 19.2. The minimum absolute atomic E-state index is 0.0794. The molecule has 1 aliphatic carbocycles. The van der Waals surface area contributed by atoms with Crippen molar-refractivity contribution in [2.24, 2.45) is 11.7 Å². The molecule has 4 heteroatoms. The summed E-state index contributed by atoms with van der Waals surface area (Å²) in [4.78, 5) is 0. The molecule has 1 fully saturated rings. The third-order valence-corrected chi connectivity index (χ3v) is 3.53. The van der Waals surface area contributed by atoms with Crippen LogP contribution in [0.25, 0.3) is 0 Å². The van der Waals surface area contributed by atoms with Crippen molar-refractivity contribution in [3.8, 4) is 0 Å². The van der Waals surface area contributed by atoms with Crippen LogP contribution in [0, 0.1) is 23.4 Å². The van der Waals surface area contributed by atoms with Gasteiger partial charge in [-0.3, -0.25) is 0 Å². The van der Waals surface area contributed by atoms with Crippen LogP contribution in [0.4, 0.5) is 13.2 Å². The van der Waals surface area contributed by atoms with E-state index in [0.29, 0.717) is 12.3 Å². The third kappa shape index (κ3) is 2.63. The summed E-state index contributed by atoms with van der Waals surface area (Å²) in [7, 11) is 0. The van der Waals surface area contributed by atoms with E-state index in [1.807, 2.05) is 0 Å². The average Bonchev–Trinajstić information content (AvgIpc) is 2.78. The first-order valence-electron chi connectivity index (χ1n) is 5.98. The average molecular weight is 243 g/mol. The van der Waals surface area contributed by atoms with Gasteiger partial charge in [-0.15, -0.1) is 0 Å². The highest BCUT2D eigenvalue weighted by Crippen LogP contribution is 2.33. The Balaban J connectivity index is 2.13. The zero-order valence-electron chi connectivity index (χ0n) is 9.56. The van der Waals surface area contributed by atoms with Crippen molar-refractivity contribution < 1.29 is 13.2 Å². The predicted octanol–water partition coefficient (Wildman–Crippen LogP) is 3.68. The van der Waals surface area contributed by atoms with E-state index in [1.54, 1.807) is 0 Å². The molecule has 1 saturated carbocycles. The molecule has 0 radical (unpaired) electrons. The predicted molar refractivity (Wildman–Crippen MR) is 59.8 cm³/mol. The first kappa shape index (κ1) is 12.4. The Morgan fingerprint density at radius 3 is 2.41 bits per heavy atom. The molecular formula is C13H16F3N. The van der Waals surface area contributed by atoms with Crippen LogP contribution >= 0.6 is 0 Å². The van der Waals surface area contributed by atoms with Gasteiger partial charge < -0.3 is 5.73 Å². The van der Waals surface area contributed by atoms with Gasteiger partial charge in [-0.25, -0.2) is 13.2 Å². The molecule has 0 saturated heterocycles. The van der Waals surface area contributed by atoms with Crippen LogP contribution in [-0.2, 0) is 0 Å². The molecule has 0 spiro atoms. The molecule has 0 amide bonds. The maximum absolute atomic E-state index is 13.5. The first-order valence-corrected chi connectivity index (χ1v) is 5.98. The second-order valence-electron chi connectivity index (χ2n) is 4.76. The standard InChI is InChI=1S/C13H16F3N/c14-10-6-5-9(12(15)13(10)16)11(17)7-8-3-1-2-4-8/h5-6,8,11H,1-4,7,17H2. The molecule has 1 nitrogen and oxygen atoms in total. The van der Waals surface area contributed by atoms with E-state index >= 15 is 0 Å². The van der Waals surface area contributed by atoms with Crippen LogP contribution in [0.2, 0.25) is 0 Å². The Morgan fingerprint density at radius 1 is 1.12 bits per heavy atom. The van der Waals surface area contributed by atoms with Gasteiger partial charge in [0.15, 0.2) is 17.5 Å². The smallest absolute Gasteiger partial charge is 0.194 e. The van der Waals surface area contributed by atoms with Gasteiger partial charge in [-0.1, -0.05) is 31.7 Å². The molecule has 2 N–H and O–H groups in total. The van der Waals surface area contributed by atoms with Crippen molar-refractivity contribution in [2.45, 2.75) is 38.1 Å². The molecule has 1 atom stereocenters. The molecule has 0 aliphatic heterocycles. The van der Waals surface area contributed by atoms with Crippen LogP contribution in [0.15, 0.2) is 12.1 Å². The van der Waals surface area contributed by atoms with E-state index in [4.69, 9.17) is 5.73 Å². The van der Waals surface area contributed by atoms with E-state index in [9.17, 15) is 13.2 Å². The molecule has 1 aliphatic rings. The quantitative estimate of drug-likeness (QED) is 0.805. The van der Waals surface area contributed by atoms with Gasteiger partial charge in [0.25, 0.3) is 0 Å². The van der Waals surface area contributed by atoms with E-state index in [-0.39, 0.29) is 5.56 Å². The Kier molecular flexibility index (Phi) is 3.72. The van der Waals surface area contributed by atoms with Crippen molar-refractivity contribution in [1.82, 2.24) is 0 Å². The van der Waals surface area contributed by atoms with E-state index < -0.39 is 23.5 Å². The summed E-state index contributed by atoms with van der Waals surface area (Å²) in [5, 5.41) is 0. The summed E-state index contributed by atoms with van der Waals surface area (Å²) in [6.07, 6.45) is 5.19. The lowest BCUT2D eigenvalue weighted by Gasteiger charge is -2.17. The molecule has 1 aromatic rings. The fourth-order valence-corrected chi connectivity index (χ4v) is 2.56. The van der Waals surface area contributed by atoms with Crippen molar-refractivity contribution in [3.63, 3.8) is 0 Å². The summed E-state index contributed by atoms with van der Waals surface area (Å²) in [5.41, 5.74) is 5.94. The van der Waals surface area contributed by atoms with Crippen LogP contribution in [0.3, 0.4) is 0 Å². The Bertz CT molecular complexity index is 400. The molecule has 0 heterocycles. The van der Waals surface area contributed by atoms with Gasteiger partial charge in [-0.2, -0.15) is 0 Å². The monoisotopic (exact) mass is 243 g/mol. The molecule has 94 valence electrons. The number of halogens is 3. The Hall–Kier alpha value is -1.03. The Labute approximate surface area is 98.8 Å². The molecule has 0 bridgehead atoms. The molecule has 1 unspecified atom stereocenters. The van der Waals surface area contributed by atoms with Crippen LogP contribution in [0.1, 0.15) is 43.7 Å². The normalized spacial score (nSPS) is 18.6. The third-order valence-electron chi connectivity index (χ3n) is 3.53. The fraction of sp³-hybridized carbons (Fsp3) is 0.538. The highest BCUT2D eigenvalue weighted by molar-refractivity contribution is 5.23. The van der Waals surface area contributed by atoms with Crippen molar-refractivity contribution in [2.75, 3.05) is 0 Å². The van der Waals surface area contributed by atoms with Crippen LogP contribution in [0.5, 0.6) is 0 Å². The minimum Gasteiger partial charge on any atom is -0.324 e.